The Morgan fingerprint density at radius 3 is 2.74 bits per heavy atom. The fourth-order valence-corrected chi connectivity index (χ4v) is 4.33. The number of benzene rings is 2. The van der Waals surface area contributed by atoms with Crippen LogP contribution < -0.4 is 10.2 Å². The number of anilines is 3. The number of rotatable bonds is 7. The molecular weight excluding hydrogens is 478 g/mol. The molecule has 9 nitrogen and oxygen atoms in total. The van der Waals surface area contributed by atoms with Gasteiger partial charge in [-0.05, 0) is 49.6 Å². The summed E-state index contributed by atoms with van der Waals surface area (Å²) >= 11 is 0. The number of aryl methyl sites for hydroxylation is 1. The Morgan fingerprint density at radius 1 is 1.13 bits per heavy atom. The summed E-state index contributed by atoms with van der Waals surface area (Å²) in [6.07, 6.45) is 3.43. The minimum absolute atomic E-state index is 0.00854. The molecule has 2 aromatic carbocycles. The van der Waals surface area contributed by atoms with E-state index in [0.29, 0.717) is 41.6 Å². The van der Waals surface area contributed by atoms with Crippen molar-refractivity contribution in [2.45, 2.75) is 32.6 Å². The van der Waals surface area contributed by atoms with E-state index >= 15 is 0 Å². The van der Waals surface area contributed by atoms with Crippen molar-refractivity contribution in [3.63, 3.8) is 0 Å². The van der Waals surface area contributed by atoms with Gasteiger partial charge in [-0.2, -0.15) is 5.26 Å². The van der Waals surface area contributed by atoms with Crippen LogP contribution in [0, 0.1) is 18.3 Å². The average Bonchev–Trinajstić information content (AvgIpc) is 2.95. The molecule has 0 radical (unpaired) electrons. The number of hydrogen-bond donors (Lipinski definition) is 1. The van der Waals surface area contributed by atoms with Gasteiger partial charge in [0, 0.05) is 30.8 Å². The standard InChI is InChI=1S/C29H29N7O2/c1-19-7-8-20(14-25(37)21-5-4-6-22(15-21)29(2,3)17-30)13-23(19)34-27-26-24(32-18-33-27)16-31-28(35-26)36-9-11-38-12-10-36/h4-8,13,15-16,18H,9-12,14H2,1-3H3,(H,32,33,34). The minimum atomic E-state index is -0.664. The summed E-state index contributed by atoms with van der Waals surface area (Å²) < 4.78 is 5.45. The molecule has 0 aliphatic carbocycles. The zero-order chi connectivity index (χ0) is 26.7. The number of nitrogens with zero attached hydrogens (tertiary/aromatic N) is 6. The number of ketones is 1. The molecule has 5 rings (SSSR count). The molecule has 0 bridgehead atoms. The van der Waals surface area contributed by atoms with E-state index in [4.69, 9.17) is 9.72 Å². The topological polar surface area (TPSA) is 117 Å². The van der Waals surface area contributed by atoms with Crippen molar-refractivity contribution in [1.29, 1.82) is 5.26 Å². The highest BCUT2D eigenvalue weighted by atomic mass is 16.5. The van der Waals surface area contributed by atoms with Gasteiger partial charge in [0.05, 0.1) is 30.9 Å². The number of morpholine rings is 1. The van der Waals surface area contributed by atoms with E-state index in [-0.39, 0.29) is 12.2 Å². The van der Waals surface area contributed by atoms with E-state index < -0.39 is 5.41 Å². The van der Waals surface area contributed by atoms with Gasteiger partial charge in [0.2, 0.25) is 5.95 Å². The van der Waals surface area contributed by atoms with Crippen LogP contribution >= 0.6 is 0 Å². The molecule has 1 N–H and O–H groups in total. The first-order valence-electron chi connectivity index (χ1n) is 12.6. The Bertz CT molecular complexity index is 1540. The molecule has 0 spiro atoms. The molecule has 3 heterocycles. The lowest BCUT2D eigenvalue weighted by Crippen LogP contribution is -2.37. The van der Waals surface area contributed by atoms with Crippen molar-refractivity contribution in [3.8, 4) is 6.07 Å². The van der Waals surface area contributed by atoms with E-state index in [0.717, 1.165) is 35.5 Å². The van der Waals surface area contributed by atoms with Crippen LogP contribution in [0.2, 0.25) is 0 Å². The Kier molecular flexibility index (Phi) is 6.99. The van der Waals surface area contributed by atoms with E-state index in [1.165, 1.54) is 6.33 Å². The van der Waals surface area contributed by atoms with Gasteiger partial charge in [0.15, 0.2) is 11.6 Å². The Labute approximate surface area is 221 Å². The molecule has 9 heteroatoms. The SMILES string of the molecule is Cc1ccc(CC(=O)c2cccc(C(C)(C)C#N)c2)cc1Nc1ncnc2cnc(N3CCOCC3)nc12. The maximum atomic E-state index is 13.1. The molecule has 0 amide bonds. The number of fused-ring (bicyclic) bond motifs is 1. The first-order chi connectivity index (χ1) is 18.3. The van der Waals surface area contributed by atoms with Crippen LogP contribution in [0.1, 0.15) is 40.9 Å². The third kappa shape index (κ3) is 5.31. The number of nitrogens with one attached hydrogen (secondary N) is 1. The maximum absolute atomic E-state index is 13.1. The number of nitriles is 1. The largest absolute Gasteiger partial charge is 0.378 e. The van der Waals surface area contributed by atoms with Crippen molar-refractivity contribution < 1.29 is 9.53 Å². The highest BCUT2D eigenvalue weighted by Gasteiger charge is 2.21. The highest BCUT2D eigenvalue weighted by Crippen LogP contribution is 2.27. The summed E-state index contributed by atoms with van der Waals surface area (Å²) in [5.74, 6) is 1.19. The van der Waals surface area contributed by atoms with Gasteiger partial charge in [-0.15, -0.1) is 0 Å². The van der Waals surface area contributed by atoms with Crippen LogP contribution in [0.25, 0.3) is 11.0 Å². The van der Waals surface area contributed by atoms with Crippen molar-refractivity contribution in [2.75, 3.05) is 36.5 Å². The third-order valence-electron chi connectivity index (χ3n) is 6.76. The Balaban J connectivity index is 1.40. The monoisotopic (exact) mass is 507 g/mol. The van der Waals surface area contributed by atoms with Gasteiger partial charge < -0.3 is 15.0 Å². The smallest absolute Gasteiger partial charge is 0.226 e. The number of ether oxygens (including phenoxy) is 1. The number of hydrogen-bond acceptors (Lipinski definition) is 9. The van der Waals surface area contributed by atoms with Crippen LogP contribution in [-0.2, 0) is 16.6 Å². The number of Topliss-reactive ketones (excluding diaryl/α,β-unsaturated/α-hetero) is 1. The summed E-state index contributed by atoms with van der Waals surface area (Å²) in [7, 11) is 0. The van der Waals surface area contributed by atoms with E-state index in [9.17, 15) is 10.1 Å². The highest BCUT2D eigenvalue weighted by molar-refractivity contribution is 5.98. The number of aromatic nitrogens is 4. The van der Waals surface area contributed by atoms with Gasteiger partial charge in [-0.3, -0.25) is 4.79 Å². The second-order valence-electron chi connectivity index (χ2n) is 9.92. The molecule has 38 heavy (non-hydrogen) atoms. The van der Waals surface area contributed by atoms with Gasteiger partial charge in [0.1, 0.15) is 17.4 Å². The fourth-order valence-electron chi connectivity index (χ4n) is 4.33. The third-order valence-corrected chi connectivity index (χ3v) is 6.76. The Morgan fingerprint density at radius 2 is 1.95 bits per heavy atom. The molecule has 0 atom stereocenters. The van der Waals surface area contributed by atoms with Crippen molar-refractivity contribution in [3.05, 3.63) is 77.2 Å². The zero-order valence-corrected chi connectivity index (χ0v) is 21.7. The van der Waals surface area contributed by atoms with Crippen molar-refractivity contribution >= 4 is 34.3 Å². The second kappa shape index (κ2) is 10.5. The maximum Gasteiger partial charge on any atom is 0.226 e. The average molecular weight is 508 g/mol. The van der Waals surface area contributed by atoms with Gasteiger partial charge in [-0.1, -0.05) is 30.3 Å². The molecule has 0 unspecified atom stereocenters. The normalized spacial score (nSPS) is 13.8. The molecule has 192 valence electrons. The summed E-state index contributed by atoms with van der Waals surface area (Å²) in [5, 5.41) is 12.9. The van der Waals surface area contributed by atoms with Crippen LogP contribution in [0.15, 0.2) is 55.0 Å². The lowest BCUT2D eigenvalue weighted by Gasteiger charge is -2.26. The lowest BCUT2D eigenvalue weighted by molar-refractivity contribution is 0.0993. The summed E-state index contributed by atoms with van der Waals surface area (Å²) in [4.78, 5) is 33.3. The quantitative estimate of drug-likeness (QED) is 0.360. The van der Waals surface area contributed by atoms with Crippen LogP contribution in [0.3, 0.4) is 0 Å². The van der Waals surface area contributed by atoms with E-state index in [2.05, 4.69) is 31.2 Å². The van der Waals surface area contributed by atoms with E-state index in [1.807, 2.05) is 57.2 Å². The first kappa shape index (κ1) is 25.2. The van der Waals surface area contributed by atoms with Crippen LogP contribution in [0.4, 0.5) is 17.5 Å². The van der Waals surface area contributed by atoms with Crippen molar-refractivity contribution in [2.24, 2.45) is 0 Å². The van der Waals surface area contributed by atoms with Crippen LogP contribution in [0.5, 0.6) is 0 Å². The van der Waals surface area contributed by atoms with E-state index in [1.54, 1.807) is 12.3 Å². The van der Waals surface area contributed by atoms with Crippen molar-refractivity contribution in [1.82, 2.24) is 19.9 Å². The minimum Gasteiger partial charge on any atom is -0.378 e. The number of carbonyl (C=O) groups excluding carboxylic acids is 1. The first-order valence-corrected chi connectivity index (χ1v) is 12.6. The molecule has 1 fully saturated rings. The summed E-state index contributed by atoms with van der Waals surface area (Å²) in [6.45, 7) is 8.44. The Hall–Kier alpha value is -4.42. The molecule has 1 saturated heterocycles. The molecule has 2 aromatic heterocycles. The lowest BCUT2D eigenvalue weighted by atomic mass is 9.85. The molecular formula is C29H29N7O2. The molecule has 1 aliphatic rings. The number of carbonyl (C=O) groups is 1. The molecule has 0 saturated carbocycles. The summed E-state index contributed by atoms with van der Waals surface area (Å²) in [6, 6.07) is 15.5. The fraction of sp³-hybridized carbons (Fsp3) is 0.310. The zero-order valence-electron chi connectivity index (χ0n) is 21.7. The van der Waals surface area contributed by atoms with Gasteiger partial charge >= 0.3 is 0 Å². The van der Waals surface area contributed by atoms with Crippen LogP contribution in [-0.4, -0.2) is 52.0 Å². The second-order valence-corrected chi connectivity index (χ2v) is 9.92. The van der Waals surface area contributed by atoms with Gasteiger partial charge in [0.25, 0.3) is 0 Å². The summed E-state index contributed by atoms with van der Waals surface area (Å²) in [5.41, 5.74) is 4.74. The predicted octanol–water partition coefficient (Wildman–Crippen LogP) is 4.54. The molecule has 1 aliphatic heterocycles. The molecule has 4 aromatic rings. The predicted molar refractivity (Wildman–Crippen MR) is 146 cm³/mol. The van der Waals surface area contributed by atoms with Gasteiger partial charge in [-0.25, -0.2) is 19.9 Å².